The number of fused-ring (bicyclic) bond motifs is 1. The lowest BCUT2D eigenvalue weighted by atomic mass is 9.93. The third kappa shape index (κ3) is 7.03. The highest BCUT2D eigenvalue weighted by Gasteiger charge is 2.32. The van der Waals surface area contributed by atoms with Crippen LogP contribution < -0.4 is 16.4 Å². The second-order valence-corrected chi connectivity index (χ2v) is 10.2. The first-order valence-corrected chi connectivity index (χ1v) is 13.5. The monoisotopic (exact) mass is 567 g/mol. The standard InChI is InChI=1S/C33H28F3N5O/c34-33(35,36)30(38)18-29(40-25-10-3-6-22(16-25)19-37)32(42)41-26-11-4-9-24(17-26)31(39-20-21-14-15-21)28-13-5-8-23-7-1-2-12-27(23)28/h1-13,16-18,21,31,39H,14-15,20,38H2,(H,41,42). The van der Waals surface area contributed by atoms with Gasteiger partial charge in [0, 0.05) is 5.69 Å². The Hall–Kier alpha value is -4.94. The highest BCUT2D eigenvalue weighted by molar-refractivity contribution is 6.47. The van der Waals surface area contributed by atoms with Gasteiger partial charge in [0.25, 0.3) is 5.91 Å². The average molecular weight is 568 g/mol. The molecule has 1 unspecified atom stereocenters. The molecule has 1 amide bonds. The molecule has 1 atom stereocenters. The van der Waals surface area contributed by atoms with Gasteiger partial charge in [0.15, 0.2) is 0 Å². The quantitative estimate of drug-likeness (QED) is 0.191. The first kappa shape index (κ1) is 28.6. The maximum absolute atomic E-state index is 13.3. The number of amides is 1. The van der Waals surface area contributed by atoms with Crippen LogP contribution in [-0.4, -0.2) is 24.3 Å². The van der Waals surface area contributed by atoms with E-state index >= 15 is 0 Å². The lowest BCUT2D eigenvalue weighted by molar-refractivity contribution is -0.110. The van der Waals surface area contributed by atoms with Gasteiger partial charge in [-0.2, -0.15) is 18.4 Å². The number of aliphatic imine (C=N–C) groups is 1. The summed E-state index contributed by atoms with van der Waals surface area (Å²) in [6.07, 6.45) is -2.00. The van der Waals surface area contributed by atoms with Gasteiger partial charge in [-0.05, 0) is 83.6 Å². The summed E-state index contributed by atoms with van der Waals surface area (Å²) < 4.78 is 39.8. The molecule has 0 heterocycles. The number of nitrogens with zero attached hydrogens (tertiary/aromatic N) is 2. The summed E-state index contributed by atoms with van der Waals surface area (Å²) in [6, 6.07) is 29.1. The van der Waals surface area contributed by atoms with Crippen LogP contribution in [0.15, 0.2) is 108 Å². The minimum atomic E-state index is -4.85. The number of carbonyl (C=O) groups excluding carboxylic acids is 1. The number of hydrogen-bond donors (Lipinski definition) is 3. The molecule has 0 aromatic heterocycles. The smallest absolute Gasteiger partial charge is 0.395 e. The Kier molecular flexibility index (Phi) is 8.36. The molecule has 4 N–H and O–H groups in total. The van der Waals surface area contributed by atoms with Crippen molar-refractivity contribution in [2.45, 2.75) is 25.1 Å². The van der Waals surface area contributed by atoms with Crippen molar-refractivity contribution in [1.29, 1.82) is 5.26 Å². The molecule has 9 heteroatoms. The summed E-state index contributed by atoms with van der Waals surface area (Å²) in [7, 11) is 0. The molecule has 0 bridgehead atoms. The van der Waals surface area contributed by atoms with Gasteiger partial charge in [-0.15, -0.1) is 0 Å². The summed E-state index contributed by atoms with van der Waals surface area (Å²) in [4.78, 5) is 17.4. The van der Waals surface area contributed by atoms with E-state index in [1.165, 1.54) is 37.1 Å². The lowest BCUT2D eigenvalue weighted by Gasteiger charge is -2.22. The highest BCUT2D eigenvalue weighted by atomic mass is 19.4. The molecule has 0 aliphatic heterocycles. The molecule has 1 fully saturated rings. The van der Waals surface area contributed by atoms with E-state index < -0.39 is 23.5 Å². The molecule has 0 radical (unpaired) electrons. The number of halogens is 3. The summed E-state index contributed by atoms with van der Waals surface area (Å²) in [5.74, 6) is -0.260. The molecular weight excluding hydrogens is 539 g/mol. The second kappa shape index (κ2) is 12.3. The number of nitrogens with one attached hydrogen (secondary N) is 2. The van der Waals surface area contributed by atoms with Crippen molar-refractivity contribution in [1.82, 2.24) is 5.32 Å². The third-order valence-corrected chi connectivity index (χ3v) is 7.00. The molecule has 0 spiro atoms. The molecular formula is C33H28F3N5O. The Labute approximate surface area is 241 Å². The number of hydrogen-bond acceptors (Lipinski definition) is 5. The first-order valence-electron chi connectivity index (χ1n) is 13.5. The van der Waals surface area contributed by atoms with Crippen LogP contribution in [0, 0.1) is 17.2 Å². The van der Waals surface area contributed by atoms with E-state index in [-0.39, 0.29) is 17.3 Å². The van der Waals surface area contributed by atoms with E-state index in [1.54, 1.807) is 18.2 Å². The Bertz CT molecular complexity index is 1710. The van der Waals surface area contributed by atoms with Crippen LogP contribution in [0.4, 0.5) is 24.5 Å². The van der Waals surface area contributed by atoms with E-state index in [2.05, 4.69) is 39.9 Å². The van der Waals surface area contributed by atoms with Crippen LogP contribution >= 0.6 is 0 Å². The number of benzene rings is 4. The van der Waals surface area contributed by atoms with Gasteiger partial charge >= 0.3 is 6.18 Å². The number of nitriles is 1. The van der Waals surface area contributed by atoms with Crippen molar-refractivity contribution in [2.24, 2.45) is 16.6 Å². The topological polar surface area (TPSA) is 103 Å². The van der Waals surface area contributed by atoms with Crippen LogP contribution in [-0.2, 0) is 4.79 Å². The molecule has 1 saturated carbocycles. The van der Waals surface area contributed by atoms with Gasteiger partial charge < -0.3 is 16.4 Å². The Balaban J connectivity index is 1.48. The van der Waals surface area contributed by atoms with E-state index in [4.69, 9.17) is 5.73 Å². The number of allylic oxidation sites excluding steroid dienone is 1. The van der Waals surface area contributed by atoms with E-state index in [9.17, 15) is 23.2 Å². The van der Waals surface area contributed by atoms with Crippen LogP contribution in [0.2, 0.25) is 0 Å². The van der Waals surface area contributed by atoms with Crippen molar-refractivity contribution in [3.8, 4) is 6.07 Å². The summed E-state index contributed by atoms with van der Waals surface area (Å²) in [5, 5.41) is 17.7. The number of nitrogens with two attached hydrogens (primary N) is 1. The van der Waals surface area contributed by atoms with Gasteiger partial charge in [0.05, 0.1) is 23.4 Å². The van der Waals surface area contributed by atoms with Crippen LogP contribution in [0.5, 0.6) is 0 Å². The van der Waals surface area contributed by atoms with Crippen molar-refractivity contribution >= 4 is 33.8 Å². The Morgan fingerprint density at radius 1 is 1.02 bits per heavy atom. The Morgan fingerprint density at radius 2 is 1.76 bits per heavy atom. The zero-order chi connectivity index (χ0) is 29.7. The molecule has 0 saturated heterocycles. The minimum absolute atomic E-state index is 0.138. The fourth-order valence-electron chi connectivity index (χ4n) is 4.67. The maximum atomic E-state index is 13.3. The number of carbonyl (C=O) groups is 1. The van der Waals surface area contributed by atoms with Gasteiger partial charge in [-0.1, -0.05) is 60.7 Å². The summed E-state index contributed by atoms with van der Waals surface area (Å²) in [6.45, 7) is 0.838. The van der Waals surface area contributed by atoms with Crippen molar-refractivity contribution in [2.75, 3.05) is 11.9 Å². The van der Waals surface area contributed by atoms with Gasteiger partial charge in [0.2, 0.25) is 0 Å². The normalized spacial score (nSPS) is 14.8. The third-order valence-electron chi connectivity index (χ3n) is 7.00. The zero-order valence-electron chi connectivity index (χ0n) is 22.5. The van der Waals surface area contributed by atoms with E-state index in [0.717, 1.165) is 28.4 Å². The molecule has 6 nitrogen and oxygen atoms in total. The largest absolute Gasteiger partial charge is 0.430 e. The highest BCUT2D eigenvalue weighted by Crippen LogP contribution is 2.33. The van der Waals surface area contributed by atoms with E-state index in [1.807, 2.05) is 30.3 Å². The number of rotatable bonds is 9. The van der Waals surface area contributed by atoms with Gasteiger partial charge in [0.1, 0.15) is 11.4 Å². The van der Waals surface area contributed by atoms with Crippen molar-refractivity contribution in [3.63, 3.8) is 0 Å². The van der Waals surface area contributed by atoms with Gasteiger partial charge in [-0.3, -0.25) is 4.79 Å². The number of alkyl halides is 3. The SMILES string of the molecule is N#Cc1cccc(N=C(C=C(N)C(F)(F)F)C(=O)Nc2cccc(C(NCC3CC3)c3cccc4ccccc34)c2)c1. The maximum Gasteiger partial charge on any atom is 0.430 e. The molecule has 4 aromatic carbocycles. The van der Waals surface area contributed by atoms with Crippen molar-refractivity contribution in [3.05, 3.63) is 119 Å². The lowest BCUT2D eigenvalue weighted by Crippen LogP contribution is -2.27. The molecule has 212 valence electrons. The molecule has 5 rings (SSSR count). The fraction of sp³-hybridized carbons (Fsp3) is 0.182. The predicted molar refractivity (Wildman–Crippen MR) is 158 cm³/mol. The van der Waals surface area contributed by atoms with Gasteiger partial charge in [-0.25, -0.2) is 4.99 Å². The molecule has 1 aliphatic carbocycles. The Morgan fingerprint density at radius 3 is 2.52 bits per heavy atom. The van der Waals surface area contributed by atoms with E-state index in [0.29, 0.717) is 17.7 Å². The van der Waals surface area contributed by atoms with Crippen LogP contribution in [0.3, 0.4) is 0 Å². The first-order chi connectivity index (χ1) is 20.2. The van der Waals surface area contributed by atoms with Crippen LogP contribution in [0.25, 0.3) is 10.8 Å². The summed E-state index contributed by atoms with van der Waals surface area (Å²) >= 11 is 0. The minimum Gasteiger partial charge on any atom is -0.395 e. The molecule has 42 heavy (non-hydrogen) atoms. The fourth-order valence-corrected chi connectivity index (χ4v) is 4.67. The van der Waals surface area contributed by atoms with Crippen LogP contribution in [0.1, 0.15) is 35.6 Å². The average Bonchev–Trinajstić information content (AvgIpc) is 3.81. The summed E-state index contributed by atoms with van der Waals surface area (Å²) in [5.41, 5.74) is 5.95. The molecule has 1 aliphatic rings. The number of anilines is 1. The second-order valence-electron chi connectivity index (χ2n) is 10.2. The molecule has 4 aromatic rings. The van der Waals surface area contributed by atoms with Crippen molar-refractivity contribution < 1.29 is 18.0 Å². The predicted octanol–water partition coefficient (Wildman–Crippen LogP) is 6.92. The zero-order valence-corrected chi connectivity index (χ0v) is 22.5.